The number of aliphatic carboxylic acids is 1. The Labute approximate surface area is 127 Å². The molecule has 1 unspecified atom stereocenters. The number of carboxylic acids is 1. The molecule has 0 aliphatic heterocycles. The number of hydrogen-bond acceptors (Lipinski definition) is 5. The highest BCUT2D eigenvalue weighted by Crippen LogP contribution is 2.31. The summed E-state index contributed by atoms with van der Waals surface area (Å²) in [6, 6.07) is 1.29. The number of hydrogen-bond donors (Lipinski definition) is 3. The van der Waals surface area contributed by atoms with Crippen molar-refractivity contribution in [3.05, 3.63) is 16.0 Å². The number of carboxylic acid groups (broad SMARTS) is 1. The molecule has 0 radical (unpaired) electrons. The summed E-state index contributed by atoms with van der Waals surface area (Å²) in [5.41, 5.74) is 1.32. The average Bonchev–Trinajstić information content (AvgIpc) is 2.63. The molecule has 0 aliphatic carbocycles. The highest BCUT2D eigenvalue weighted by atomic mass is 32.1. The lowest BCUT2D eigenvalue weighted by molar-refractivity contribution is -0.140. The second-order valence-corrected chi connectivity index (χ2v) is 6.31. The molecule has 0 saturated carbocycles. The number of nitriles is 1. The third-order valence-corrected chi connectivity index (χ3v) is 4.29. The molecule has 1 rings (SSSR count). The van der Waals surface area contributed by atoms with Gasteiger partial charge in [0, 0.05) is 4.88 Å². The van der Waals surface area contributed by atoms with E-state index in [4.69, 9.17) is 10.4 Å². The smallest absolute Gasteiger partial charge is 0.320 e. The fraction of sp³-hybridized carbons (Fsp3) is 0.500. The predicted molar refractivity (Wildman–Crippen MR) is 81.4 cm³/mol. The molecule has 0 spiro atoms. The van der Waals surface area contributed by atoms with Crippen LogP contribution in [-0.2, 0) is 9.59 Å². The Morgan fingerprint density at radius 1 is 1.38 bits per heavy atom. The molecular formula is C14H19N3O3S. The summed E-state index contributed by atoms with van der Waals surface area (Å²) in [5, 5.41) is 24.0. The molecule has 0 saturated heterocycles. The first-order valence-corrected chi connectivity index (χ1v) is 7.35. The van der Waals surface area contributed by atoms with Crippen LogP contribution in [0.15, 0.2) is 0 Å². The molecule has 0 aliphatic rings. The Morgan fingerprint density at radius 3 is 2.48 bits per heavy atom. The molecule has 6 nitrogen and oxygen atoms in total. The van der Waals surface area contributed by atoms with Crippen molar-refractivity contribution in [3.63, 3.8) is 0 Å². The van der Waals surface area contributed by atoms with Gasteiger partial charge in [-0.1, -0.05) is 13.8 Å². The summed E-state index contributed by atoms with van der Waals surface area (Å²) < 4.78 is 0. The molecule has 21 heavy (non-hydrogen) atoms. The van der Waals surface area contributed by atoms with Gasteiger partial charge in [0.05, 0.1) is 12.1 Å². The van der Waals surface area contributed by atoms with Crippen molar-refractivity contribution in [1.29, 1.82) is 5.26 Å². The number of thiophene rings is 1. The van der Waals surface area contributed by atoms with E-state index in [1.54, 1.807) is 13.8 Å². The summed E-state index contributed by atoms with van der Waals surface area (Å²) in [7, 11) is 0. The van der Waals surface area contributed by atoms with Gasteiger partial charge in [-0.25, -0.2) is 0 Å². The second-order valence-electron chi connectivity index (χ2n) is 5.09. The van der Waals surface area contributed by atoms with Crippen molar-refractivity contribution < 1.29 is 14.7 Å². The zero-order valence-corrected chi connectivity index (χ0v) is 13.3. The summed E-state index contributed by atoms with van der Waals surface area (Å²) in [6.07, 6.45) is 0. The molecule has 1 aromatic heterocycles. The maximum Gasteiger partial charge on any atom is 0.320 e. The van der Waals surface area contributed by atoms with Gasteiger partial charge < -0.3 is 10.4 Å². The molecule has 114 valence electrons. The van der Waals surface area contributed by atoms with Crippen LogP contribution in [0.3, 0.4) is 0 Å². The number of carbonyl (C=O) groups is 2. The van der Waals surface area contributed by atoms with E-state index >= 15 is 0 Å². The molecule has 1 heterocycles. The maximum absolute atomic E-state index is 11.9. The Morgan fingerprint density at radius 2 is 2.00 bits per heavy atom. The summed E-state index contributed by atoms with van der Waals surface area (Å²) in [6.45, 7) is 7.13. The van der Waals surface area contributed by atoms with Crippen LogP contribution >= 0.6 is 11.3 Å². The van der Waals surface area contributed by atoms with E-state index in [0.717, 1.165) is 10.4 Å². The minimum atomic E-state index is -0.988. The van der Waals surface area contributed by atoms with Crippen molar-refractivity contribution in [1.82, 2.24) is 5.32 Å². The van der Waals surface area contributed by atoms with Crippen LogP contribution in [0, 0.1) is 31.1 Å². The van der Waals surface area contributed by atoms with E-state index in [-0.39, 0.29) is 18.4 Å². The van der Waals surface area contributed by atoms with Crippen molar-refractivity contribution in [2.45, 2.75) is 33.7 Å². The van der Waals surface area contributed by atoms with E-state index in [9.17, 15) is 9.59 Å². The Kier molecular flexibility index (Phi) is 5.88. The lowest BCUT2D eigenvalue weighted by Crippen LogP contribution is -2.44. The van der Waals surface area contributed by atoms with Crippen LogP contribution in [-0.4, -0.2) is 29.6 Å². The number of carbonyl (C=O) groups excluding carboxylic acids is 1. The molecule has 3 N–H and O–H groups in total. The van der Waals surface area contributed by atoms with Gasteiger partial charge in [0.15, 0.2) is 0 Å². The van der Waals surface area contributed by atoms with Gasteiger partial charge in [-0.3, -0.25) is 14.9 Å². The fourth-order valence-electron chi connectivity index (χ4n) is 1.83. The first-order chi connectivity index (χ1) is 9.77. The van der Waals surface area contributed by atoms with E-state index in [1.165, 1.54) is 11.3 Å². The molecule has 1 atom stereocenters. The van der Waals surface area contributed by atoms with Crippen molar-refractivity contribution >= 4 is 28.2 Å². The Balaban J connectivity index is 2.69. The Hall–Kier alpha value is -1.91. The van der Waals surface area contributed by atoms with Crippen LogP contribution in [0.25, 0.3) is 0 Å². The molecule has 0 bridgehead atoms. The lowest BCUT2D eigenvalue weighted by atomic mass is 10.1. The van der Waals surface area contributed by atoms with Gasteiger partial charge in [-0.15, -0.1) is 11.3 Å². The van der Waals surface area contributed by atoms with Gasteiger partial charge in [0.25, 0.3) is 0 Å². The number of nitrogens with zero attached hydrogens (tertiary/aromatic N) is 1. The van der Waals surface area contributed by atoms with Gasteiger partial charge in [-0.2, -0.15) is 5.26 Å². The number of rotatable bonds is 6. The van der Waals surface area contributed by atoms with Crippen LogP contribution in [0.4, 0.5) is 5.00 Å². The topological polar surface area (TPSA) is 102 Å². The van der Waals surface area contributed by atoms with Gasteiger partial charge >= 0.3 is 5.97 Å². The molecule has 0 aromatic carbocycles. The summed E-state index contributed by atoms with van der Waals surface area (Å²) in [4.78, 5) is 23.9. The van der Waals surface area contributed by atoms with Gasteiger partial charge in [-0.05, 0) is 25.3 Å². The maximum atomic E-state index is 11.9. The van der Waals surface area contributed by atoms with Gasteiger partial charge in [0.2, 0.25) is 5.91 Å². The molecule has 1 aromatic rings. The number of nitrogens with one attached hydrogen (secondary N) is 2. The van der Waals surface area contributed by atoms with E-state index in [2.05, 4.69) is 16.7 Å². The summed E-state index contributed by atoms with van der Waals surface area (Å²) >= 11 is 1.34. The van der Waals surface area contributed by atoms with Crippen LogP contribution in [0.2, 0.25) is 0 Å². The van der Waals surface area contributed by atoms with E-state index in [0.29, 0.717) is 10.6 Å². The number of anilines is 1. The first-order valence-electron chi connectivity index (χ1n) is 6.54. The highest BCUT2D eigenvalue weighted by molar-refractivity contribution is 7.16. The molecule has 0 fully saturated rings. The first kappa shape index (κ1) is 17.1. The van der Waals surface area contributed by atoms with Crippen molar-refractivity contribution in [2.24, 2.45) is 5.92 Å². The zero-order valence-electron chi connectivity index (χ0n) is 12.5. The standard InChI is InChI=1S/C14H19N3O3S/c1-7(2)12(14(19)20)16-6-11(18)17-13-10(5-15)8(3)9(4)21-13/h7,12,16H,6H2,1-4H3,(H,17,18)(H,19,20). The third kappa shape index (κ3) is 4.28. The summed E-state index contributed by atoms with van der Waals surface area (Å²) in [5.74, 6) is -1.48. The average molecular weight is 309 g/mol. The SMILES string of the molecule is Cc1sc(NC(=O)CNC(C(=O)O)C(C)C)c(C#N)c1C. The van der Waals surface area contributed by atoms with E-state index in [1.807, 2.05) is 13.8 Å². The third-order valence-electron chi connectivity index (χ3n) is 3.17. The lowest BCUT2D eigenvalue weighted by Gasteiger charge is -2.17. The molecule has 1 amide bonds. The molecule has 7 heteroatoms. The minimum absolute atomic E-state index is 0.115. The van der Waals surface area contributed by atoms with Gasteiger partial charge in [0.1, 0.15) is 17.1 Å². The fourth-order valence-corrected chi connectivity index (χ4v) is 2.86. The predicted octanol–water partition coefficient (Wildman–Crippen LogP) is 1.87. The van der Waals surface area contributed by atoms with E-state index < -0.39 is 12.0 Å². The normalized spacial score (nSPS) is 12.0. The largest absolute Gasteiger partial charge is 0.480 e. The quantitative estimate of drug-likeness (QED) is 0.744. The Bertz CT molecular complexity index is 587. The minimum Gasteiger partial charge on any atom is -0.480 e. The van der Waals surface area contributed by atoms with Crippen molar-refractivity contribution in [3.8, 4) is 6.07 Å². The molecular weight excluding hydrogens is 290 g/mol. The van der Waals surface area contributed by atoms with Crippen LogP contribution in [0.5, 0.6) is 0 Å². The monoisotopic (exact) mass is 309 g/mol. The number of aryl methyl sites for hydroxylation is 1. The second kappa shape index (κ2) is 7.20. The zero-order chi connectivity index (χ0) is 16.2. The van der Waals surface area contributed by atoms with Crippen molar-refractivity contribution in [2.75, 3.05) is 11.9 Å². The van der Waals surface area contributed by atoms with Crippen LogP contribution < -0.4 is 10.6 Å². The highest BCUT2D eigenvalue weighted by Gasteiger charge is 2.22. The van der Waals surface area contributed by atoms with Crippen LogP contribution in [0.1, 0.15) is 29.9 Å². The number of amides is 1.